The van der Waals surface area contributed by atoms with Crippen LogP contribution in [-0.2, 0) is 6.54 Å². The highest BCUT2D eigenvalue weighted by Crippen LogP contribution is 2.22. The highest BCUT2D eigenvalue weighted by molar-refractivity contribution is 5.86. The van der Waals surface area contributed by atoms with E-state index in [4.69, 9.17) is 5.11 Å². The lowest BCUT2D eigenvalue weighted by Crippen LogP contribution is -2.27. The molecule has 8 heteroatoms. The molecular formula is C17H21FN6O. The summed E-state index contributed by atoms with van der Waals surface area (Å²) in [6.45, 7) is 0.975. The number of aliphatic hydroxyl groups is 1. The van der Waals surface area contributed by atoms with E-state index in [1.165, 1.54) is 18.5 Å². The summed E-state index contributed by atoms with van der Waals surface area (Å²) in [7, 11) is 3.95. The van der Waals surface area contributed by atoms with Crippen LogP contribution in [0.25, 0.3) is 11.0 Å². The minimum atomic E-state index is -0.247. The van der Waals surface area contributed by atoms with Crippen LogP contribution in [0.5, 0.6) is 0 Å². The molecule has 0 fully saturated rings. The van der Waals surface area contributed by atoms with Crippen molar-refractivity contribution in [1.82, 2.24) is 24.6 Å². The first-order chi connectivity index (χ1) is 12.1. The predicted octanol–water partition coefficient (Wildman–Crippen LogP) is 1.67. The number of aromatic nitrogens is 4. The Morgan fingerprint density at radius 3 is 2.68 bits per heavy atom. The van der Waals surface area contributed by atoms with E-state index < -0.39 is 0 Å². The van der Waals surface area contributed by atoms with Crippen molar-refractivity contribution in [2.24, 2.45) is 0 Å². The molecule has 2 heterocycles. The maximum absolute atomic E-state index is 13.2. The van der Waals surface area contributed by atoms with Crippen LogP contribution in [0.3, 0.4) is 0 Å². The summed E-state index contributed by atoms with van der Waals surface area (Å²) in [5, 5.41) is 17.5. The molecule has 2 aromatic heterocycles. The molecule has 0 saturated carbocycles. The molecule has 0 aliphatic heterocycles. The second-order valence-electron chi connectivity index (χ2n) is 5.96. The number of anilines is 1. The average Bonchev–Trinajstić information content (AvgIpc) is 3.01. The molecule has 7 nitrogen and oxygen atoms in total. The molecule has 1 atom stereocenters. The molecule has 0 spiro atoms. The van der Waals surface area contributed by atoms with Crippen LogP contribution in [0.4, 0.5) is 10.2 Å². The second kappa shape index (κ2) is 7.54. The van der Waals surface area contributed by atoms with Gasteiger partial charge in [-0.1, -0.05) is 12.1 Å². The van der Waals surface area contributed by atoms with Gasteiger partial charge in [0.05, 0.1) is 30.8 Å². The van der Waals surface area contributed by atoms with Gasteiger partial charge in [0, 0.05) is 6.54 Å². The van der Waals surface area contributed by atoms with Crippen LogP contribution in [0, 0.1) is 5.82 Å². The van der Waals surface area contributed by atoms with Gasteiger partial charge >= 0.3 is 0 Å². The molecule has 25 heavy (non-hydrogen) atoms. The number of hydrogen-bond donors (Lipinski definition) is 2. The van der Waals surface area contributed by atoms with Gasteiger partial charge in [0.1, 0.15) is 18.0 Å². The standard InChI is InChI=1S/C17H21FN6O/c1-23(2)15(12-3-5-13(18)6-4-12)10-19-16-14-9-22-24(7-8-25)17(14)21-11-20-16/h3-6,9,11,15,25H,7-8,10H2,1-2H3,(H,19,20,21)/t15-/m1/s1. The third kappa shape index (κ3) is 3.75. The SMILES string of the molecule is CN(C)[C@H](CNc1ncnc2c1cnn2CCO)c1ccc(F)cc1. The summed E-state index contributed by atoms with van der Waals surface area (Å²) < 4.78 is 14.8. The Bertz CT molecular complexity index is 833. The topological polar surface area (TPSA) is 79.1 Å². The minimum Gasteiger partial charge on any atom is -0.394 e. The molecule has 0 amide bonds. The number of likely N-dealkylation sites (N-methyl/N-ethyl adjacent to an activating group) is 1. The maximum Gasteiger partial charge on any atom is 0.163 e. The van der Waals surface area contributed by atoms with Crippen molar-refractivity contribution < 1.29 is 9.50 Å². The van der Waals surface area contributed by atoms with Gasteiger partial charge in [0.2, 0.25) is 0 Å². The number of hydrogen-bond acceptors (Lipinski definition) is 6. The molecule has 0 aliphatic carbocycles. The van der Waals surface area contributed by atoms with Crippen LogP contribution < -0.4 is 5.32 Å². The van der Waals surface area contributed by atoms with Crippen LogP contribution in [0.2, 0.25) is 0 Å². The summed E-state index contributed by atoms with van der Waals surface area (Å²) in [6.07, 6.45) is 3.17. The molecule has 2 N–H and O–H groups in total. The quantitative estimate of drug-likeness (QED) is 0.679. The van der Waals surface area contributed by atoms with Crippen LogP contribution >= 0.6 is 0 Å². The maximum atomic E-state index is 13.2. The van der Waals surface area contributed by atoms with Gasteiger partial charge in [0.15, 0.2) is 5.65 Å². The zero-order valence-electron chi connectivity index (χ0n) is 14.2. The number of rotatable bonds is 7. The normalized spacial score (nSPS) is 12.7. The van der Waals surface area contributed by atoms with Gasteiger partial charge in [-0.3, -0.25) is 0 Å². The monoisotopic (exact) mass is 344 g/mol. The zero-order valence-corrected chi connectivity index (χ0v) is 14.2. The van der Waals surface area contributed by atoms with E-state index in [9.17, 15) is 4.39 Å². The van der Waals surface area contributed by atoms with E-state index in [0.29, 0.717) is 24.6 Å². The van der Waals surface area contributed by atoms with E-state index in [1.807, 2.05) is 14.1 Å². The van der Waals surface area contributed by atoms with E-state index in [0.717, 1.165) is 10.9 Å². The molecule has 3 aromatic rings. The molecule has 0 unspecified atom stereocenters. The number of aliphatic hydroxyl groups excluding tert-OH is 1. The van der Waals surface area contributed by atoms with Crippen LogP contribution in [0.15, 0.2) is 36.8 Å². The largest absolute Gasteiger partial charge is 0.394 e. The predicted molar refractivity (Wildman–Crippen MR) is 93.7 cm³/mol. The van der Waals surface area contributed by atoms with E-state index in [-0.39, 0.29) is 18.5 Å². The summed E-state index contributed by atoms with van der Waals surface area (Å²) >= 11 is 0. The Kier molecular flexibility index (Phi) is 5.20. The molecular weight excluding hydrogens is 323 g/mol. The van der Waals surface area contributed by atoms with Crippen molar-refractivity contribution in [3.8, 4) is 0 Å². The number of fused-ring (bicyclic) bond motifs is 1. The van der Waals surface area contributed by atoms with Crippen molar-refractivity contribution in [3.05, 3.63) is 48.2 Å². The number of nitrogens with zero attached hydrogens (tertiary/aromatic N) is 5. The Morgan fingerprint density at radius 2 is 2.00 bits per heavy atom. The fourth-order valence-electron chi connectivity index (χ4n) is 2.77. The van der Waals surface area contributed by atoms with Gasteiger partial charge in [-0.05, 0) is 31.8 Å². The summed E-state index contributed by atoms with van der Waals surface area (Å²) in [5.74, 6) is 0.436. The van der Waals surface area contributed by atoms with Gasteiger partial charge in [-0.25, -0.2) is 19.0 Å². The first-order valence-electron chi connectivity index (χ1n) is 8.03. The second-order valence-corrected chi connectivity index (χ2v) is 5.96. The Labute approximate surface area is 145 Å². The summed E-state index contributed by atoms with van der Waals surface area (Å²) in [5.41, 5.74) is 1.69. The first-order valence-corrected chi connectivity index (χ1v) is 8.03. The highest BCUT2D eigenvalue weighted by atomic mass is 19.1. The molecule has 1 aromatic carbocycles. The van der Waals surface area contributed by atoms with E-state index in [1.54, 1.807) is 23.0 Å². The molecule has 0 bridgehead atoms. The van der Waals surface area contributed by atoms with Crippen molar-refractivity contribution in [2.45, 2.75) is 12.6 Å². The van der Waals surface area contributed by atoms with Crippen molar-refractivity contribution in [3.63, 3.8) is 0 Å². The smallest absolute Gasteiger partial charge is 0.163 e. The van der Waals surface area contributed by atoms with E-state index >= 15 is 0 Å². The van der Waals surface area contributed by atoms with Gasteiger partial charge in [0.25, 0.3) is 0 Å². The molecule has 0 radical (unpaired) electrons. The van der Waals surface area contributed by atoms with Crippen LogP contribution in [-0.4, -0.2) is 57.0 Å². The minimum absolute atomic E-state index is 0.00316. The lowest BCUT2D eigenvalue weighted by Gasteiger charge is -2.25. The third-order valence-corrected chi connectivity index (χ3v) is 4.09. The number of benzene rings is 1. The molecule has 0 saturated heterocycles. The lowest BCUT2D eigenvalue weighted by atomic mass is 10.1. The third-order valence-electron chi connectivity index (χ3n) is 4.09. The number of halogens is 1. The molecule has 3 rings (SSSR count). The summed E-state index contributed by atoms with van der Waals surface area (Å²) in [6, 6.07) is 6.56. The molecule has 0 aliphatic rings. The fourth-order valence-corrected chi connectivity index (χ4v) is 2.77. The van der Waals surface area contributed by atoms with Gasteiger partial charge in [-0.2, -0.15) is 5.10 Å². The highest BCUT2D eigenvalue weighted by Gasteiger charge is 2.16. The Hall–Kier alpha value is -2.58. The fraction of sp³-hybridized carbons (Fsp3) is 0.353. The van der Waals surface area contributed by atoms with Gasteiger partial charge < -0.3 is 15.3 Å². The Balaban J connectivity index is 1.81. The number of nitrogens with one attached hydrogen (secondary N) is 1. The Morgan fingerprint density at radius 1 is 1.24 bits per heavy atom. The zero-order chi connectivity index (χ0) is 17.8. The lowest BCUT2D eigenvalue weighted by molar-refractivity contribution is 0.271. The first kappa shape index (κ1) is 17.2. The molecule has 132 valence electrons. The van der Waals surface area contributed by atoms with Crippen molar-refractivity contribution in [2.75, 3.05) is 32.6 Å². The van der Waals surface area contributed by atoms with E-state index in [2.05, 4.69) is 25.3 Å². The average molecular weight is 344 g/mol. The summed E-state index contributed by atoms with van der Waals surface area (Å²) in [4.78, 5) is 10.6. The van der Waals surface area contributed by atoms with Gasteiger partial charge in [-0.15, -0.1) is 0 Å². The van der Waals surface area contributed by atoms with Crippen molar-refractivity contribution >= 4 is 16.9 Å². The van der Waals surface area contributed by atoms with Crippen LogP contribution in [0.1, 0.15) is 11.6 Å². The van der Waals surface area contributed by atoms with Crippen molar-refractivity contribution in [1.29, 1.82) is 0 Å².